The van der Waals surface area contributed by atoms with Crippen LogP contribution in [0.5, 0.6) is 0 Å². The molecule has 1 saturated carbocycles. The smallest absolute Gasteiger partial charge is 0.242 e. The highest BCUT2D eigenvalue weighted by Crippen LogP contribution is 2.36. The summed E-state index contributed by atoms with van der Waals surface area (Å²) in [6, 6.07) is 4.95. The summed E-state index contributed by atoms with van der Waals surface area (Å²) in [4.78, 5) is -0.398. The zero-order valence-corrected chi connectivity index (χ0v) is 10.2. The van der Waals surface area contributed by atoms with Crippen LogP contribution in [0.1, 0.15) is 18.4 Å². The van der Waals surface area contributed by atoms with Crippen molar-refractivity contribution in [3.05, 3.63) is 29.6 Å². The zero-order chi connectivity index (χ0) is 13.4. The number of halogens is 1. The molecule has 0 saturated heterocycles. The van der Waals surface area contributed by atoms with Crippen LogP contribution < -0.4 is 4.72 Å². The molecule has 1 aliphatic carbocycles. The largest absolute Gasteiger partial charge is 0.394 e. The van der Waals surface area contributed by atoms with Gasteiger partial charge in [0.2, 0.25) is 10.0 Å². The lowest BCUT2D eigenvalue weighted by molar-refractivity contribution is 0.246. The molecular formula is C11H11FN2O3S. The van der Waals surface area contributed by atoms with Crippen LogP contribution in [0.25, 0.3) is 0 Å². The lowest BCUT2D eigenvalue weighted by Crippen LogP contribution is -2.39. The van der Waals surface area contributed by atoms with E-state index in [0.717, 1.165) is 12.1 Å². The predicted octanol–water partition coefficient (Wildman–Crippen LogP) is 0.501. The van der Waals surface area contributed by atoms with Gasteiger partial charge in [0.25, 0.3) is 0 Å². The van der Waals surface area contributed by atoms with Crippen molar-refractivity contribution in [2.45, 2.75) is 23.3 Å². The molecule has 2 rings (SSSR count). The Balaban J connectivity index is 2.43. The molecule has 0 heterocycles. The molecule has 0 aliphatic heterocycles. The molecule has 1 fully saturated rings. The molecule has 5 nitrogen and oxygen atoms in total. The molecule has 0 atom stereocenters. The van der Waals surface area contributed by atoms with E-state index in [4.69, 9.17) is 10.4 Å². The van der Waals surface area contributed by atoms with Gasteiger partial charge in [0.1, 0.15) is 22.3 Å². The second-order valence-corrected chi connectivity index (χ2v) is 5.92. The van der Waals surface area contributed by atoms with E-state index in [-0.39, 0.29) is 6.61 Å². The standard InChI is InChI=1S/C11H11FN2O3S/c12-9-2-1-3-10(8(9)6-13)18(16,17)14-11(7-15)4-5-11/h1-3,14-15H,4-5,7H2. The maximum atomic E-state index is 13.3. The van der Waals surface area contributed by atoms with Crippen LogP contribution in [0.2, 0.25) is 0 Å². The Hall–Kier alpha value is -1.49. The lowest BCUT2D eigenvalue weighted by atomic mass is 10.2. The van der Waals surface area contributed by atoms with Crippen molar-refractivity contribution in [2.75, 3.05) is 6.61 Å². The molecule has 0 aromatic heterocycles. The second-order valence-electron chi connectivity index (χ2n) is 4.27. The second kappa shape index (κ2) is 4.31. The predicted molar refractivity (Wildman–Crippen MR) is 60.5 cm³/mol. The van der Waals surface area contributed by atoms with Crippen molar-refractivity contribution in [2.24, 2.45) is 0 Å². The molecule has 0 spiro atoms. The first kappa shape index (κ1) is 13.0. The van der Waals surface area contributed by atoms with Crippen molar-refractivity contribution in [1.29, 1.82) is 5.26 Å². The first-order valence-corrected chi connectivity index (χ1v) is 6.76. The van der Waals surface area contributed by atoms with Crippen molar-refractivity contribution in [3.63, 3.8) is 0 Å². The van der Waals surface area contributed by atoms with Gasteiger partial charge in [-0.2, -0.15) is 5.26 Å². The van der Waals surface area contributed by atoms with E-state index in [9.17, 15) is 12.8 Å². The van der Waals surface area contributed by atoms with Gasteiger partial charge in [-0.05, 0) is 25.0 Å². The molecule has 1 aromatic carbocycles. The Morgan fingerprint density at radius 1 is 1.50 bits per heavy atom. The molecule has 18 heavy (non-hydrogen) atoms. The lowest BCUT2D eigenvalue weighted by Gasteiger charge is -2.15. The number of aliphatic hydroxyl groups excluding tert-OH is 1. The van der Waals surface area contributed by atoms with Crippen LogP contribution in [0.15, 0.2) is 23.1 Å². The van der Waals surface area contributed by atoms with Crippen molar-refractivity contribution in [1.82, 2.24) is 4.72 Å². The van der Waals surface area contributed by atoms with Crippen molar-refractivity contribution in [3.8, 4) is 6.07 Å². The number of sulfonamides is 1. The number of benzene rings is 1. The minimum absolute atomic E-state index is 0.316. The maximum absolute atomic E-state index is 13.3. The molecule has 1 aliphatic rings. The average molecular weight is 270 g/mol. The fourth-order valence-corrected chi connectivity index (χ4v) is 3.24. The molecule has 7 heteroatoms. The van der Waals surface area contributed by atoms with Crippen LogP contribution in [-0.4, -0.2) is 25.7 Å². The number of hydrogen-bond acceptors (Lipinski definition) is 4. The van der Waals surface area contributed by atoms with Gasteiger partial charge >= 0.3 is 0 Å². The number of aliphatic hydroxyl groups is 1. The Morgan fingerprint density at radius 2 is 2.17 bits per heavy atom. The quantitative estimate of drug-likeness (QED) is 0.833. The highest BCUT2D eigenvalue weighted by atomic mass is 32.2. The SMILES string of the molecule is N#Cc1c(F)cccc1S(=O)(=O)NC1(CO)CC1. The Morgan fingerprint density at radius 3 is 2.67 bits per heavy atom. The normalized spacial score (nSPS) is 17.2. The van der Waals surface area contributed by atoms with Crippen LogP contribution >= 0.6 is 0 Å². The van der Waals surface area contributed by atoms with Crippen molar-refractivity contribution < 1.29 is 17.9 Å². The summed E-state index contributed by atoms with van der Waals surface area (Å²) in [6.07, 6.45) is 1.06. The van der Waals surface area contributed by atoms with E-state index in [2.05, 4.69) is 4.72 Å². The maximum Gasteiger partial charge on any atom is 0.242 e. The van der Waals surface area contributed by atoms with E-state index in [0.29, 0.717) is 12.8 Å². The summed E-state index contributed by atoms with van der Waals surface area (Å²) >= 11 is 0. The minimum atomic E-state index is -4.01. The summed E-state index contributed by atoms with van der Waals surface area (Å²) in [7, 11) is -4.01. The van der Waals surface area contributed by atoms with E-state index in [1.165, 1.54) is 12.1 Å². The summed E-state index contributed by atoms with van der Waals surface area (Å²) in [5.41, 5.74) is -1.36. The number of nitrogens with zero attached hydrogens (tertiary/aromatic N) is 1. The van der Waals surface area contributed by atoms with Crippen LogP contribution in [-0.2, 0) is 10.0 Å². The van der Waals surface area contributed by atoms with Gasteiger partial charge in [-0.25, -0.2) is 17.5 Å². The molecular weight excluding hydrogens is 259 g/mol. The minimum Gasteiger partial charge on any atom is -0.394 e. The van der Waals surface area contributed by atoms with E-state index in [1.54, 1.807) is 0 Å². The van der Waals surface area contributed by atoms with Gasteiger partial charge in [0.15, 0.2) is 0 Å². The number of nitriles is 1. The van der Waals surface area contributed by atoms with Gasteiger partial charge in [-0.1, -0.05) is 6.07 Å². The Kier molecular flexibility index (Phi) is 3.11. The third kappa shape index (κ3) is 2.22. The van der Waals surface area contributed by atoms with E-state index < -0.39 is 31.8 Å². The number of nitrogens with one attached hydrogen (secondary N) is 1. The van der Waals surface area contributed by atoms with Gasteiger partial charge in [-0.3, -0.25) is 0 Å². The van der Waals surface area contributed by atoms with E-state index >= 15 is 0 Å². The number of rotatable bonds is 4. The van der Waals surface area contributed by atoms with Gasteiger partial charge in [0, 0.05) is 0 Å². The fraction of sp³-hybridized carbons (Fsp3) is 0.364. The third-order valence-corrected chi connectivity index (χ3v) is 4.50. The summed E-state index contributed by atoms with van der Waals surface area (Å²) < 4.78 is 39.7. The first-order chi connectivity index (χ1) is 8.44. The average Bonchev–Trinajstić information content (AvgIpc) is 3.08. The fourth-order valence-electron chi connectivity index (χ4n) is 1.62. The Bertz CT molecular complexity index is 618. The molecule has 0 amide bonds. The molecule has 1 aromatic rings. The summed E-state index contributed by atoms with van der Waals surface area (Å²) in [6.45, 7) is -0.316. The van der Waals surface area contributed by atoms with Gasteiger partial charge < -0.3 is 5.11 Å². The summed E-state index contributed by atoms with van der Waals surface area (Å²) in [5, 5.41) is 17.9. The van der Waals surface area contributed by atoms with Crippen LogP contribution in [0.3, 0.4) is 0 Å². The molecule has 0 bridgehead atoms. The number of hydrogen-bond donors (Lipinski definition) is 2. The first-order valence-electron chi connectivity index (χ1n) is 5.28. The molecule has 0 unspecified atom stereocenters. The van der Waals surface area contributed by atoms with Crippen LogP contribution in [0.4, 0.5) is 4.39 Å². The highest BCUT2D eigenvalue weighted by molar-refractivity contribution is 7.89. The molecule has 0 radical (unpaired) electrons. The van der Waals surface area contributed by atoms with Gasteiger partial charge in [0.05, 0.1) is 12.1 Å². The Labute approximate surface area is 104 Å². The van der Waals surface area contributed by atoms with Crippen LogP contribution in [0, 0.1) is 17.1 Å². The van der Waals surface area contributed by atoms with E-state index in [1.807, 2.05) is 0 Å². The van der Waals surface area contributed by atoms with Crippen molar-refractivity contribution >= 4 is 10.0 Å². The third-order valence-electron chi connectivity index (χ3n) is 2.88. The topological polar surface area (TPSA) is 90.2 Å². The monoisotopic (exact) mass is 270 g/mol. The molecule has 2 N–H and O–H groups in total. The highest BCUT2D eigenvalue weighted by Gasteiger charge is 2.46. The summed E-state index contributed by atoms with van der Waals surface area (Å²) in [5.74, 6) is -0.880. The molecule has 96 valence electrons. The van der Waals surface area contributed by atoms with Gasteiger partial charge in [-0.15, -0.1) is 0 Å². The zero-order valence-electron chi connectivity index (χ0n) is 9.35.